The molecule has 25 heavy (non-hydrogen) atoms. The van der Waals surface area contributed by atoms with Gasteiger partial charge in [-0.2, -0.15) is 0 Å². The van der Waals surface area contributed by atoms with E-state index in [1.165, 1.54) is 0 Å². The molecule has 126 valence electrons. The Balaban J connectivity index is 1.81. The molecule has 3 rings (SSSR count). The predicted octanol–water partition coefficient (Wildman–Crippen LogP) is 3.96. The van der Waals surface area contributed by atoms with Crippen LogP contribution >= 0.6 is 0 Å². The summed E-state index contributed by atoms with van der Waals surface area (Å²) in [7, 11) is 4.01. The zero-order valence-corrected chi connectivity index (χ0v) is 14.6. The summed E-state index contributed by atoms with van der Waals surface area (Å²) in [6, 6.07) is 16.0. The number of oxime groups is 1. The normalized spacial score (nSPS) is 15.6. The van der Waals surface area contributed by atoms with Gasteiger partial charge >= 0.3 is 5.97 Å². The van der Waals surface area contributed by atoms with E-state index in [2.05, 4.69) is 22.2 Å². The number of hydrogen-bond acceptors (Lipinski definition) is 4. The number of hydrogen-bond donors (Lipinski definition) is 0. The Morgan fingerprint density at radius 2 is 1.84 bits per heavy atom. The highest BCUT2D eigenvalue weighted by Crippen LogP contribution is 2.19. The molecule has 0 fully saturated rings. The Morgan fingerprint density at radius 1 is 1.08 bits per heavy atom. The van der Waals surface area contributed by atoms with Crippen molar-refractivity contribution >= 4 is 23.4 Å². The van der Waals surface area contributed by atoms with Crippen molar-refractivity contribution in [3.8, 4) is 0 Å². The van der Waals surface area contributed by atoms with Gasteiger partial charge in [-0.1, -0.05) is 53.2 Å². The van der Waals surface area contributed by atoms with Crippen molar-refractivity contribution in [3.63, 3.8) is 0 Å². The van der Waals surface area contributed by atoms with Crippen LogP contribution in [0.5, 0.6) is 0 Å². The number of carbonyl (C=O) groups is 1. The van der Waals surface area contributed by atoms with Gasteiger partial charge in [0.25, 0.3) is 0 Å². The number of rotatable bonds is 4. The molecule has 0 radical (unpaired) electrons. The highest BCUT2D eigenvalue weighted by molar-refractivity contribution is 6.29. The van der Waals surface area contributed by atoms with Crippen molar-refractivity contribution < 1.29 is 9.63 Å². The van der Waals surface area contributed by atoms with E-state index in [4.69, 9.17) is 4.84 Å². The topological polar surface area (TPSA) is 41.9 Å². The molecule has 0 amide bonds. The van der Waals surface area contributed by atoms with Gasteiger partial charge in [0, 0.05) is 25.3 Å². The second kappa shape index (κ2) is 7.18. The molecular weight excluding hydrogens is 312 g/mol. The molecule has 0 atom stereocenters. The van der Waals surface area contributed by atoms with Crippen molar-refractivity contribution in [3.05, 3.63) is 82.9 Å². The summed E-state index contributed by atoms with van der Waals surface area (Å²) in [5.74, 6) is -0.427. The van der Waals surface area contributed by atoms with Crippen LogP contribution in [0.15, 0.2) is 71.4 Å². The first-order valence-electron chi connectivity index (χ1n) is 8.07. The molecule has 0 spiro atoms. The molecule has 0 aliphatic carbocycles. The zero-order valence-electron chi connectivity index (χ0n) is 14.6. The molecule has 1 aliphatic heterocycles. The predicted molar refractivity (Wildman–Crippen MR) is 102 cm³/mol. The van der Waals surface area contributed by atoms with Crippen molar-refractivity contribution in [2.24, 2.45) is 5.16 Å². The third-order valence-corrected chi connectivity index (χ3v) is 3.95. The first-order chi connectivity index (χ1) is 12.0. The molecule has 4 heteroatoms. The fourth-order valence-electron chi connectivity index (χ4n) is 2.57. The van der Waals surface area contributed by atoms with Crippen molar-refractivity contribution in [1.82, 2.24) is 0 Å². The summed E-state index contributed by atoms with van der Waals surface area (Å²) in [5.41, 5.74) is 5.22. The molecule has 1 heterocycles. The van der Waals surface area contributed by atoms with Crippen molar-refractivity contribution in [2.75, 3.05) is 19.0 Å². The standard InChI is InChI=1S/C21H20N2O2/c1-15-6-4-8-17(14-15)20-19(21(24)25-22-20)9-5-7-16-10-12-18(13-11-16)23(2)3/h4-14H,1-3H3/b7-5+,19-9+. The Labute approximate surface area is 147 Å². The minimum atomic E-state index is -0.427. The Morgan fingerprint density at radius 3 is 2.52 bits per heavy atom. The molecule has 4 nitrogen and oxygen atoms in total. The molecule has 0 saturated heterocycles. The maximum absolute atomic E-state index is 12.0. The SMILES string of the molecule is Cc1cccc(C2=NOC(=O)/C2=C/C=C/c2ccc(N(C)C)cc2)c1. The first kappa shape index (κ1) is 16.7. The number of allylic oxidation sites excluding steroid dienone is 2. The van der Waals surface area contributed by atoms with Gasteiger partial charge in [-0.25, -0.2) is 4.79 Å². The summed E-state index contributed by atoms with van der Waals surface area (Å²) in [6.07, 6.45) is 5.54. The second-order valence-electron chi connectivity index (χ2n) is 6.11. The van der Waals surface area contributed by atoms with E-state index in [0.29, 0.717) is 11.3 Å². The van der Waals surface area contributed by atoms with E-state index in [-0.39, 0.29) is 0 Å². The van der Waals surface area contributed by atoms with Crippen LogP contribution in [-0.2, 0) is 9.63 Å². The number of aryl methyl sites for hydroxylation is 1. The average Bonchev–Trinajstić information content (AvgIpc) is 2.96. The minimum absolute atomic E-state index is 0.427. The van der Waals surface area contributed by atoms with Gasteiger partial charge in [0.1, 0.15) is 5.71 Å². The number of carbonyl (C=O) groups excluding carboxylic acids is 1. The van der Waals surface area contributed by atoms with Gasteiger partial charge in [-0.05, 0) is 36.8 Å². The fourth-order valence-corrected chi connectivity index (χ4v) is 2.57. The lowest BCUT2D eigenvalue weighted by Crippen LogP contribution is -2.07. The highest BCUT2D eigenvalue weighted by Gasteiger charge is 2.26. The molecule has 0 N–H and O–H groups in total. The van der Waals surface area contributed by atoms with E-state index in [9.17, 15) is 4.79 Å². The van der Waals surface area contributed by atoms with Gasteiger partial charge in [-0.15, -0.1) is 0 Å². The molecule has 0 aromatic heterocycles. The highest BCUT2D eigenvalue weighted by atomic mass is 16.7. The van der Waals surface area contributed by atoms with Gasteiger partial charge in [0.2, 0.25) is 0 Å². The van der Waals surface area contributed by atoms with Crippen molar-refractivity contribution in [2.45, 2.75) is 6.92 Å². The summed E-state index contributed by atoms with van der Waals surface area (Å²) in [5, 5.41) is 3.93. The monoisotopic (exact) mass is 332 g/mol. The smallest absolute Gasteiger partial charge is 0.368 e. The van der Waals surface area contributed by atoms with E-state index < -0.39 is 5.97 Å². The third-order valence-electron chi connectivity index (χ3n) is 3.95. The van der Waals surface area contributed by atoms with Crippen LogP contribution in [0.2, 0.25) is 0 Å². The molecule has 1 aliphatic rings. The average molecular weight is 332 g/mol. The minimum Gasteiger partial charge on any atom is -0.378 e. The lowest BCUT2D eigenvalue weighted by Gasteiger charge is -2.11. The number of benzene rings is 2. The third kappa shape index (κ3) is 3.86. The van der Waals surface area contributed by atoms with E-state index in [0.717, 1.165) is 22.4 Å². The van der Waals surface area contributed by atoms with Crippen LogP contribution in [0, 0.1) is 6.92 Å². The zero-order chi connectivity index (χ0) is 17.8. The number of nitrogens with zero attached hydrogens (tertiary/aromatic N) is 2. The Bertz CT molecular complexity index is 875. The summed E-state index contributed by atoms with van der Waals surface area (Å²) in [4.78, 5) is 18.9. The second-order valence-corrected chi connectivity index (χ2v) is 6.11. The Hall–Kier alpha value is -3.14. The quantitative estimate of drug-likeness (QED) is 0.628. The molecule has 0 bridgehead atoms. The van der Waals surface area contributed by atoms with Crippen LogP contribution in [0.4, 0.5) is 5.69 Å². The molecular formula is C21H20N2O2. The van der Waals surface area contributed by atoms with Gasteiger partial charge in [0.05, 0.1) is 5.57 Å². The van der Waals surface area contributed by atoms with Crippen LogP contribution in [0.3, 0.4) is 0 Å². The van der Waals surface area contributed by atoms with Crippen LogP contribution in [0.1, 0.15) is 16.7 Å². The maximum atomic E-state index is 12.0. The van der Waals surface area contributed by atoms with Crippen LogP contribution < -0.4 is 4.90 Å². The fraction of sp³-hybridized carbons (Fsp3) is 0.143. The van der Waals surface area contributed by atoms with Gasteiger partial charge in [-0.3, -0.25) is 0 Å². The van der Waals surface area contributed by atoms with E-state index in [1.54, 1.807) is 6.08 Å². The van der Waals surface area contributed by atoms with E-state index >= 15 is 0 Å². The molecule has 2 aromatic rings. The number of anilines is 1. The molecule has 0 saturated carbocycles. The lowest BCUT2D eigenvalue weighted by atomic mass is 10.0. The van der Waals surface area contributed by atoms with E-state index in [1.807, 2.05) is 69.6 Å². The van der Waals surface area contributed by atoms with Crippen molar-refractivity contribution in [1.29, 1.82) is 0 Å². The summed E-state index contributed by atoms with van der Waals surface area (Å²) < 4.78 is 0. The largest absolute Gasteiger partial charge is 0.378 e. The lowest BCUT2D eigenvalue weighted by molar-refractivity contribution is -0.136. The molecule has 0 unspecified atom stereocenters. The first-order valence-corrected chi connectivity index (χ1v) is 8.07. The van der Waals surface area contributed by atoms with Gasteiger partial charge < -0.3 is 9.74 Å². The van der Waals surface area contributed by atoms with Crippen LogP contribution in [-0.4, -0.2) is 25.8 Å². The molecule has 2 aromatic carbocycles. The van der Waals surface area contributed by atoms with Crippen LogP contribution in [0.25, 0.3) is 6.08 Å². The summed E-state index contributed by atoms with van der Waals surface area (Å²) >= 11 is 0. The maximum Gasteiger partial charge on any atom is 0.368 e. The Kier molecular flexibility index (Phi) is 4.80. The summed E-state index contributed by atoms with van der Waals surface area (Å²) in [6.45, 7) is 2.00. The van der Waals surface area contributed by atoms with Gasteiger partial charge in [0.15, 0.2) is 0 Å².